The van der Waals surface area contributed by atoms with E-state index >= 15 is 0 Å². The van der Waals surface area contributed by atoms with Crippen LogP contribution in [0.25, 0.3) is 0 Å². The summed E-state index contributed by atoms with van der Waals surface area (Å²) in [5.74, 6) is 0.352. The van der Waals surface area contributed by atoms with Gasteiger partial charge in [-0.05, 0) is 55.8 Å². The number of hydrogen-bond acceptors (Lipinski definition) is 3. The summed E-state index contributed by atoms with van der Waals surface area (Å²) < 4.78 is 5.82. The van der Waals surface area contributed by atoms with Crippen LogP contribution in [0.4, 0.5) is 5.69 Å². The average Bonchev–Trinajstić information content (AvgIpc) is 2.81. The van der Waals surface area contributed by atoms with Crippen molar-refractivity contribution in [2.45, 2.75) is 20.3 Å². The zero-order valence-corrected chi connectivity index (χ0v) is 18.0. The Morgan fingerprint density at radius 3 is 2.29 bits per heavy atom. The molecule has 0 radical (unpaired) electrons. The molecule has 0 fully saturated rings. The van der Waals surface area contributed by atoms with Crippen molar-refractivity contribution >= 4 is 17.5 Å². The molecule has 0 heterocycles. The second-order valence-corrected chi connectivity index (χ2v) is 7.12. The summed E-state index contributed by atoms with van der Waals surface area (Å²) in [6.45, 7) is 5.71. The van der Waals surface area contributed by atoms with E-state index in [1.54, 1.807) is 47.4 Å². The summed E-state index contributed by atoms with van der Waals surface area (Å²) >= 11 is 0. The second kappa shape index (κ2) is 11.0. The molecule has 0 aliphatic rings. The third-order valence-electron chi connectivity index (χ3n) is 5.02. The lowest BCUT2D eigenvalue weighted by molar-refractivity contribution is 0.0772. The minimum atomic E-state index is -0.249. The van der Waals surface area contributed by atoms with Gasteiger partial charge < -0.3 is 15.0 Å². The number of nitrogens with one attached hydrogen (secondary N) is 1. The van der Waals surface area contributed by atoms with E-state index in [1.165, 1.54) is 5.56 Å². The fourth-order valence-electron chi connectivity index (χ4n) is 3.29. The van der Waals surface area contributed by atoms with Crippen molar-refractivity contribution in [3.05, 3.63) is 95.6 Å². The predicted molar refractivity (Wildman–Crippen MR) is 124 cm³/mol. The van der Waals surface area contributed by atoms with Crippen molar-refractivity contribution in [3.8, 4) is 5.75 Å². The Balaban J connectivity index is 1.62. The average molecular weight is 417 g/mol. The molecule has 2 amide bonds. The van der Waals surface area contributed by atoms with Gasteiger partial charge in [-0.15, -0.1) is 0 Å². The first kappa shape index (κ1) is 22.1. The first-order valence-corrected chi connectivity index (χ1v) is 10.6. The van der Waals surface area contributed by atoms with Gasteiger partial charge in [0.25, 0.3) is 11.8 Å². The van der Waals surface area contributed by atoms with Crippen LogP contribution >= 0.6 is 0 Å². The number of amides is 2. The maximum absolute atomic E-state index is 12.7. The summed E-state index contributed by atoms with van der Waals surface area (Å²) in [5, 5.41) is 2.87. The van der Waals surface area contributed by atoms with Gasteiger partial charge in [0.05, 0.1) is 6.61 Å². The lowest BCUT2D eigenvalue weighted by Gasteiger charge is -2.19. The third-order valence-corrected chi connectivity index (χ3v) is 5.02. The largest absolute Gasteiger partial charge is 0.493 e. The standard InChI is InChI=1S/C26H28N2O3/c1-3-28(4-2)26(30)22-13-8-14-23(18-22)27-25(29)21-12-9-15-24(19-21)31-17-16-20-10-6-5-7-11-20/h5-15,18-19H,3-4,16-17H2,1-2H3,(H,27,29). The molecule has 160 valence electrons. The Bertz CT molecular complexity index is 1010. The number of hydrogen-bond donors (Lipinski definition) is 1. The highest BCUT2D eigenvalue weighted by Crippen LogP contribution is 2.17. The Morgan fingerprint density at radius 2 is 1.55 bits per heavy atom. The molecule has 0 spiro atoms. The van der Waals surface area contributed by atoms with Crippen molar-refractivity contribution < 1.29 is 14.3 Å². The SMILES string of the molecule is CCN(CC)C(=O)c1cccc(NC(=O)c2cccc(OCCc3ccccc3)c2)c1. The molecule has 0 aromatic heterocycles. The molecule has 0 unspecified atom stereocenters. The van der Waals surface area contributed by atoms with Crippen LogP contribution in [0.2, 0.25) is 0 Å². The fraction of sp³-hybridized carbons (Fsp3) is 0.231. The number of carbonyl (C=O) groups excluding carboxylic acids is 2. The molecular formula is C26H28N2O3. The smallest absolute Gasteiger partial charge is 0.255 e. The molecule has 5 heteroatoms. The maximum Gasteiger partial charge on any atom is 0.255 e. The van der Waals surface area contributed by atoms with Gasteiger partial charge in [0, 0.05) is 36.3 Å². The first-order valence-electron chi connectivity index (χ1n) is 10.6. The first-order chi connectivity index (χ1) is 15.1. The van der Waals surface area contributed by atoms with Gasteiger partial charge in [0.2, 0.25) is 0 Å². The van der Waals surface area contributed by atoms with Gasteiger partial charge in [-0.1, -0.05) is 42.5 Å². The predicted octanol–water partition coefficient (Wildman–Crippen LogP) is 5.04. The highest BCUT2D eigenvalue weighted by molar-refractivity contribution is 6.05. The molecule has 0 aliphatic carbocycles. The normalized spacial score (nSPS) is 10.4. The minimum absolute atomic E-state index is 0.0464. The molecule has 3 aromatic rings. The van der Waals surface area contributed by atoms with E-state index in [-0.39, 0.29) is 11.8 Å². The quantitative estimate of drug-likeness (QED) is 0.531. The van der Waals surface area contributed by atoms with Gasteiger partial charge >= 0.3 is 0 Å². The molecule has 0 atom stereocenters. The van der Waals surface area contributed by atoms with E-state index in [0.29, 0.717) is 42.3 Å². The van der Waals surface area contributed by atoms with E-state index in [1.807, 2.05) is 38.1 Å². The molecule has 5 nitrogen and oxygen atoms in total. The number of ether oxygens (including phenoxy) is 1. The van der Waals surface area contributed by atoms with Crippen LogP contribution in [0, 0.1) is 0 Å². The molecule has 0 aliphatic heterocycles. The maximum atomic E-state index is 12.7. The van der Waals surface area contributed by atoms with Crippen molar-refractivity contribution in [2.24, 2.45) is 0 Å². The topological polar surface area (TPSA) is 58.6 Å². The number of benzene rings is 3. The van der Waals surface area contributed by atoms with Crippen molar-refractivity contribution in [1.29, 1.82) is 0 Å². The van der Waals surface area contributed by atoms with Gasteiger partial charge in [-0.2, -0.15) is 0 Å². The summed E-state index contributed by atoms with van der Waals surface area (Å²) in [4.78, 5) is 27.0. The summed E-state index contributed by atoms with van der Waals surface area (Å²) in [7, 11) is 0. The van der Waals surface area contributed by atoms with Crippen molar-refractivity contribution in [1.82, 2.24) is 4.90 Å². The van der Waals surface area contributed by atoms with E-state index in [0.717, 1.165) is 6.42 Å². The number of rotatable bonds is 9. The van der Waals surface area contributed by atoms with E-state index in [9.17, 15) is 9.59 Å². The Hall–Kier alpha value is -3.60. The number of anilines is 1. The van der Waals surface area contributed by atoms with Crippen LogP contribution in [0.3, 0.4) is 0 Å². The molecule has 31 heavy (non-hydrogen) atoms. The zero-order valence-electron chi connectivity index (χ0n) is 18.0. The Kier molecular flexibility index (Phi) is 7.82. The molecule has 3 rings (SSSR count). The highest BCUT2D eigenvalue weighted by Gasteiger charge is 2.14. The van der Waals surface area contributed by atoms with E-state index < -0.39 is 0 Å². The number of nitrogens with zero attached hydrogens (tertiary/aromatic N) is 1. The van der Waals surface area contributed by atoms with Gasteiger partial charge in [0.1, 0.15) is 5.75 Å². The van der Waals surface area contributed by atoms with Crippen LogP contribution < -0.4 is 10.1 Å². The zero-order chi connectivity index (χ0) is 22.1. The van der Waals surface area contributed by atoms with Gasteiger partial charge in [0.15, 0.2) is 0 Å². The minimum Gasteiger partial charge on any atom is -0.493 e. The van der Waals surface area contributed by atoms with Crippen LogP contribution in [-0.4, -0.2) is 36.4 Å². The fourth-order valence-corrected chi connectivity index (χ4v) is 3.29. The van der Waals surface area contributed by atoms with E-state index in [4.69, 9.17) is 4.74 Å². The summed E-state index contributed by atoms with van der Waals surface area (Å²) in [6, 6.07) is 24.2. The summed E-state index contributed by atoms with van der Waals surface area (Å²) in [5.41, 5.74) is 2.84. The molecule has 1 N–H and O–H groups in total. The highest BCUT2D eigenvalue weighted by atomic mass is 16.5. The molecule has 0 saturated carbocycles. The Labute approximate surface area is 183 Å². The molecule has 3 aromatic carbocycles. The van der Waals surface area contributed by atoms with Crippen LogP contribution in [0.15, 0.2) is 78.9 Å². The molecular weight excluding hydrogens is 388 g/mol. The van der Waals surface area contributed by atoms with Gasteiger partial charge in [-0.3, -0.25) is 9.59 Å². The van der Waals surface area contributed by atoms with Crippen molar-refractivity contribution in [3.63, 3.8) is 0 Å². The van der Waals surface area contributed by atoms with Crippen LogP contribution in [0.5, 0.6) is 5.75 Å². The van der Waals surface area contributed by atoms with Crippen molar-refractivity contribution in [2.75, 3.05) is 25.0 Å². The van der Waals surface area contributed by atoms with E-state index in [2.05, 4.69) is 17.4 Å². The molecule has 0 saturated heterocycles. The van der Waals surface area contributed by atoms with Crippen LogP contribution in [-0.2, 0) is 6.42 Å². The lowest BCUT2D eigenvalue weighted by atomic mass is 10.1. The van der Waals surface area contributed by atoms with Gasteiger partial charge in [-0.25, -0.2) is 0 Å². The molecule has 0 bridgehead atoms. The monoisotopic (exact) mass is 416 g/mol. The second-order valence-electron chi connectivity index (χ2n) is 7.12. The lowest BCUT2D eigenvalue weighted by Crippen LogP contribution is -2.30. The summed E-state index contributed by atoms with van der Waals surface area (Å²) in [6.07, 6.45) is 0.796. The van der Waals surface area contributed by atoms with Crippen LogP contribution in [0.1, 0.15) is 40.1 Å². The third kappa shape index (κ3) is 6.19. The number of carbonyl (C=O) groups is 2. The Morgan fingerprint density at radius 1 is 0.839 bits per heavy atom.